The zero-order valence-corrected chi connectivity index (χ0v) is 15.8. The van der Waals surface area contributed by atoms with Crippen molar-refractivity contribution in [3.63, 3.8) is 0 Å². The molecule has 0 radical (unpaired) electrons. The van der Waals surface area contributed by atoms with Crippen LogP contribution in [0.3, 0.4) is 0 Å². The zero-order valence-electron chi connectivity index (χ0n) is 15.8. The topological polar surface area (TPSA) is 50.8 Å². The molecule has 0 aliphatic carbocycles. The minimum Gasteiger partial charge on any atom is -0.497 e. The van der Waals surface area contributed by atoms with E-state index in [1.165, 1.54) is 5.56 Å². The predicted molar refractivity (Wildman–Crippen MR) is 103 cm³/mol. The number of carbonyl (C=O) groups is 1. The third-order valence-electron chi connectivity index (χ3n) is 4.93. The quantitative estimate of drug-likeness (QED) is 0.864. The van der Waals surface area contributed by atoms with Gasteiger partial charge >= 0.3 is 0 Å². The summed E-state index contributed by atoms with van der Waals surface area (Å²) >= 11 is 0. The second-order valence-electron chi connectivity index (χ2n) is 6.59. The lowest BCUT2D eigenvalue weighted by Gasteiger charge is -2.26. The third kappa shape index (κ3) is 3.53. The predicted octanol–water partition coefficient (Wildman–Crippen LogP) is 3.33. The normalized spacial score (nSPS) is 15.3. The van der Waals surface area contributed by atoms with Gasteiger partial charge in [0.15, 0.2) is 0 Å². The van der Waals surface area contributed by atoms with E-state index < -0.39 is 0 Å². The molecule has 0 saturated carbocycles. The van der Waals surface area contributed by atoms with Gasteiger partial charge in [-0.15, -0.1) is 0 Å². The lowest BCUT2D eigenvalue weighted by molar-refractivity contribution is -0.120. The zero-order chi connectivity index (χ0) is 18.7. The van der Waals surface area contributed by atoms with E-state index >= 15 is 0 Å². The number of rotatable bonds is 6. The average Bonchev–Trinajstić information content (AvgIpc) is 3.10. The first-order valence-corrected chi connectivity index (χ1v) is 8.92. The molecular weight excluding hydrogens is 328 g/mol. The van der Waals surface area contributed by atoms with Crippen LogP contribution in [0.15, 0.2) is 42.5 Å². The molecule has 1 aliphatic rings. The first-order chi connectivity index (χ1) is 12.5. The van der Waals surface area contributed by atoms with Gasteiger partial charge in [-0.3, -0.25) is 10.1 Å². The second-order valence-corrected chi connectivity index (χ2v) is 6.59. The molecule has 2 atom stereocenters. The number of hydrogen-bond acceptors (Lipinski definition) is 4. The molecule has 0 spiro atoms. The van der Waals surface area contributed by atoms with Gasteiger partial charge in [-0.05, 0) is 50.1 Å². The molecule has 1 N–H and O–H groups in total. The van der Waals surface area contributed by atoms with Crippen LogP contribution in [-0.4, -0.2) is 32.7 Å². The van der Waals surface area contributed by atoms with Crippen LogP contribution in [0.1, 0.15) is 31.0 Å². The van der Waals surface area contributed by atoms with Crippen LogP contribution < -0.4 is 19.7 Å². The van der Waals surface area contributed by atoms with Crippen LogP contribution in [0.25, 0.3) is 0 Å². The Hall–Kier alpha value is -2.53. The molecule has 26 heavy (non-hydrogen) atoms. The highest BCUT2D eigenvalue weighted by Gasteiger charge is 2.28. The minimum absolute atomic E-state index is 0.0585. The largest absolute Gasteiger partial charge is 0.497 e. The van der Waals surface area contributed by atoms with E-state index in [9.17, 15) is 4.79 Å². The Morgan fingerprint density at radius 1 is 1.12 bits per heavy atom. The molecule has 2 aromatic carbocycles. The lowest BCUT2D eigenvalue weighted by atomic mass is 10.1. The summed E-state index contributed by atoms with van der Waals surface area (Å²) in [4.78, 5) is 14.8. The molecule has 0 aromatic heterocycles. The van der Waals surface area contributed by atoms with Crippen LogP contribution >= 0.6 is 0 Å². The van der Waals surface area contributed by atoms with Crippen molar-refractivity contribution in [1.29, 1.82) is 0 Å². The van der Waals surface area contributed by atoms with Gasteiger partial charge < -0.3 is 14.4 Å². The van der Waals surface area contributed by atoms with Gasteiger partial charge in [-0.1, -0.05) is 18.2 Å². The molecule has 1 amide bonds. The Morgan fingerprint density at radius 3 is 2.62 bits per heavy atom. The number of carbonyl (C=O) groups excluding carboxylic acids is 1. The van der Waals surface area contributed by atoms with Crippen molar-refractivity contribution < 1.29 is 14.3 Å². The highest BCUT2D eigenvalue weighted by molar-refractivity contribution is 5.98. The average molecular weight is 354 g/mol. The molecule has 0 saturated heterocycles. The molecular formula is C21H26N2O3. The summed E-state index contributed by atoms with van der Waals surface area (Å²) in [6.45, 7) is 4.67. The highest BCUT2D eigenvalue weighted by Crippen LogP contribution is 2.31. The minimum atomic E-state index is -0.313. The SMILES string of the molecule is COc1ccc(OC)c(C(C)NC(C)C(=O)N2CCc3ccccc32)c1. The molecule has 5 nitrogen and oxygen atoms in total. The van der Waals surface area contributed by atoms with Gasteiger partial charge in [0, 0.05) is 23.8 Å². The number of methoxy groups -OCH3 is 2. The Kier molecular flexibility index (Phi) is 5.47. The number of fused-ring (bicyclic) bond motifs is 1. The number of amides is 1. The first kappa shape index (κ1) is 18.3. The number of benzene rings is 2. The number of hydrogen-bond donors (Lipinski definition) is 1. The Balaban J connectivity index is 1.74. The summed E-state index contributed by atoms with van der Waals surface area (Å²) in [5.41, 5.74) is 3.22. The number of nitrogens with zero attached hydrogens (tertiary/aromatic N) is 1. The summed E-state index contributed by atoms with van der Waals surface area (Å²) in [5.74, 6) is 1.63. The molecule has 2 aromatic rings. The van der Waals surface area contributed by atoms with Gasteiger partial charge in [-0.2, -0.15) is 0 Å². The van der Waals surface area contributed by atoms with E-state index in [1.54, 1.807) is 14.2 Å². The summed E-state index contributed by atoms with van der Waals surface area (Å²) in [5, 5.41) is 3.40. The van der Waals surface area contributed by atoms with Crippen LogP contribution in [0.4, 0.5) is 5.69 Å². The van der Waals surface area contributed by atoms with E-state index in [1.807, 2.05) is 55.1 Å². The molecule has 3 rings (SSSR count). The smallest absolute Gasteiger partial charge is 0.243 e. The molecule has 138 valence electrons. The first-order valence-electron chi connectivity index (χ1n) is 8.92. The molecule has 0 bridgehead atoms. The lowest BCUT2D eigenvalue weighted by Crippen LogP contribution is -2.45. The van der Waals surface area contributed by atoms with E-state index in [0.717, 1.165) is 35.7 Å². The van der Waals surface area contributed by atoms with Crippen LogP contribution in [0.2, 0.25) is 0 Å². The molecule has 5 heteroatoms. The number of ether oxygens (including phenoxy) is 2. The number of nitrogens with one attached hydrogen (secondary N) is 1. The maximum absolute atomic E-state index is 13.0. The standard InChI is InChI=1S/C21H26N2O3/c1-14(18-13-17(25-3)9-10-20(18)26-4)22-15(2)21(24)23-12-11-16-7-5-6-8-19(16)23/h5-10,13-15,22H,11-12H2,1-4H3. The third-order valence-corrected chi connectivity index (χ3v) is 4.93. The number of anilines is 1. The fraction of sp³-hybridized carbons (Fsp3) is 0.381. The Bertz CT molecular complexity index is 791. The summed E-state index contributed by atoms with van der Waals surface area (Å²) < 4.78 is 10.8. The monoisotopic (exact) mass is 354 g/mol. The molecule has 1 heterocycles. The van der Waals surface area contributed by atoms with Gasteiger partial charge in [-0.25, -0.2) is 0 Å². The maximum atomic E-state index is 13.0. The van der Waals surface area contributed by atoms with Gasteiger partial charge in [0.25, 0.3) is 0 Å². The van der Waals surface area contributed by atoms with Crippen molar-refractivity contribution in [3.05, 3.63) is 53.6 Å². The van der Waals surface area contributed by atoms with E-state index in [2.05, 4.69) is 11.4 Å². The van der Waals surface area contributed by atoms with Crippen molar-refractivity contribution in [2.24, 2.45) is 0 Å². The fourth-order valence-electron chi connectivity index (χ4n) is 3.51. The second kappa shape index (κ2) is 7.79. The van der Waals surface area contributed by atoms with Crippen molar-refractivity contribution >= 4 is 11.6 Å². The van der Waals surface area contributed by atoms with Crippen molar-refractivity contribution in [1.82, 2.24) is 5.32 Å². The number of para-hydroxylation sites is 1. The van der Waals surface area contributed by atoms with Crippen molar-refractivity contribution in [2.75, 3.05) is 25.7 Å². The summed E-state index contributed by atoms with van der Waals surface area (Å²) in [6, 6.07) is 13.4. The van der Waals surface area contributed by atoms with Crippen LogP contribution in [0.5, 0.6) is 11.5 Å². The van der Waals surface area contributed by atoms with Gasteiger partial charge in [0.05, 0.1) is 20.3 Å². The Morgan fingerprint density at radius 2 is 1.88 bits per heavy atom. The molecule has 2 unspecified atom stereocenters. The van der Waals surface area contributed by atoms with Gasteiger partial charge in [0.2, 0.25) is 5.91 Å². The maximum Gasteiger partial charge on any atom is 0.243 e. The van der Waals surface area contributed by atoms with E-state index in [4.69, 9.17) is 9.47 Å². The molecule has 0 fully saturated rings. The van der Waals surface area contributed by atoms with Crippen molar-refractivity contribution in [2.45, 2.75) is 32.4 Å². The van der Waals surface area contributed by atoms with Crippen LogP contribution in [0, 0.1) is 0 Å². The molecule has 1 aliphatic heterocycles. The Labute approximate surface area is 154 Å². The summed E-state index contributed by atoms with van der Waals surface area (Å²) in [7, 11) is 3.29. The fourth-order valence-corrected chi connectivity index (χ4v) is 3.51. The van der Waals surface area contributed by atoms with E-state index in [0.29, 0.717) is 0 Å². The highest BCUT2D eigenvalue weighted by atomic mass is 16.5. The van der Waals surface area contributed by atoms with Gasteiger partial charge in [0.1, 0.15) is 11.5 Å². The van der Waals surface area contributed by atoms with Crippen molar-refractivity contribution in [3.8, 4) is 11.5 Å². The van der Waals surface area contributed by atoms with E-state index in [-0.39, 0.29) is 18.0 Å². The van der Waals surface area contributed by atoms with Crippen LogP contribution in [-0.2, 0) is 11.2 Å². The summed E-state index contributed by atoms with van der Waals surface area (Å²) in [6.07, 6.45) is 0.911.